The molecule has 1 fully saturated rings. The summed E-state index contributed by atoms with van der Waals surface area (Å²) in [5, 5.41) is 4.08. The summed E-state index contributed by atoms with van der Waals surface area (Å²) in [6.45, 7) is 7.89. The molecule has 0 saturated carbocycles. The minimum Gasteiger partial charge on any atom is -0.462 e. The molecule has 1 saturated heterocycles. The van der Waals surface area contributed by atoms with Crippen LogP contribution in [-0.2, 0) is 9.53 Å². The lowest BCUT2D eigenvalue weighted by molar-refractivity contribution is -0.138. The molecule has 0 aromatic heterocycles. The summed E-state index contributed by atoms with van der Waals surface area (Å²) in [7, 11) is 0. The van der Waals surface area contributed by atoms with E-state index >= 15 is 0 Å². The second kappa shape index (κ2) is 8.37. The molecule has 4 nitrogen and oxygen atoms in total. The number of carbonyl (C=O) groups excluding carboxylic acids is 1. The van der Waals surface area contributed by atoms with Gasteiger partial charge in [0.25, 0.3) is 6.47 Å². The summed E-state index contributed by atoms with van der Waals surface area (Å²) in [5.74, 6) is 0.480. The number of halogens is 1. The molecule has 3 N–H and O–H groups in total. The van der Waals surface area contributed by atoms with E-state index in [4.69, 9.17) is 17.3 Å². The van der Waals surface area contributed by atoms with E-state index in [1.807, 2.05) is 32.9 Å². The summed E-state index contributed by atoms with van der Waals surface area (Å²) in [5.41, 5.74) is 7.04. The van der Waals surface area contributed by atoms with Crippen molar-refractivity contribution in [1.82, 2.24) is 5.32 Å². The number of nitrogens with two attached hydrogens (primary N) is 1. The van der Waals surface area contributed by atoms with E-state index in [2.05, 4.69) is 22.2 Å². The van der Waals surface area contributed by atoms with Crippen molar-refractivity contribution in [3.05, 3.63) is 34.9 Å². The molecule has 0 bridgehead atoms. The average Bonchev–Trinajstić information content (AvgIpc) is 2.40. The first-order valence-electron chi connectivity index (χ1n) is 7.16. The molecule has 2 unspecified atom stereocenters. The van der Waals surface area contributed by atoms with Gasteiger partial charge in [-0.25, -0.2) is 0 Å². The Balaban J connectivity index is 0.000000270. The Labute approximate surface area is 132 Å². The molecular formula is C16H25ClN2O2. The summed E-state index contributed by atoms with van der Waals surface area (Å²) in [4.78, 5) is 9.60. The predicted octanol–water partition coefficient (Wildman–Crippen LogP) is 2.70. The molecule has 1 aliphatic rings. The number of hydrogen-bond donors (Lipinski definition) is 2. The molecule has 2 atom stereocenters. The molecule has 1 heterocycles. The van der Waals surface area contributed by atoms with Crippen LogP contribution in [0.4, 0.5) is 0 Å². The topological polar surface area (TPSA) is 64.3 Å². The van der Waals surface area contributed by atoms with E-state index in [0.29, 0.717) is 12.4 Å². The molecule has 1 aliphatic heterocycles. The minimum absolute atomic E-state index is 0.227. The highest BCUT2D eigenvalue weighted by Gasteiger charge is 2.22. The molecule has 5 heteroatoms. The first-order chi connectivity index (χ1) is 9.83. The van der Waals surface area contributed by atoms with Crippen LogP contribution in [-0.4, -0.2) is 31.2 Å². The van der Waals surface area contributed by atoms with Gasteiger partial charge in [-0.05, 0) is 51.4 Å². The van der Waals surface area contributed by atoms with Crippen LogP contribution in [0.5, 0.6) is 0 Å². The Bertz CT molecular complexity index is 429. The van der Waals surface area contributed by atoms with E-state index in [1.54, 1.807) is 0 Å². The monoisotopic (exact) mass is 312 g/mol. The molecule has 0 spiro atoms. The fourth-order valence-electron chi connectivity index (χ4n) is 2.15. The summed E-state index contributed by atoms with van der Waals surface area (Å²) in [6, 6.07) is 8.26. The normalized spacial score (nSPS) is 22.0. The lowest BCUT2D eigenvalue weighted by Gasteiger charge is -2.29. The van der Waals surface area contributed by atoms with E-state index in [-0.39, 0.29) is 11.6 Å². The number of rotatable bonds is 2. The molecule has 21 heavy (non-hydrogen) atoms. The standard InChI is InChI=1S/C11H15ClN2.C5H10O2/c12-9-3-1-8(2-4-9)10-5-6-14-7-11(10)13;1-5(2,3)7-4-6/h1-4,10-11,14H,5-7,13H2;4H,1-3H3. The lowest BCUT2D eigenvalue weighted by Crippen LogP contribution is -2.44. The average molecular weight is 313 g/mol. The van der Waals surface area contributed by atoms with Crippen LogP contribution < -0.4 is 11.1 Å². The number of nitrogens with one attached hydrogen (secondary N) is 1. The molecule has 0 radical (unpaired) electrons. The zero-order valence-electron chi connectivity index (χ0n) is 12.9. The van der Waals surface area contributed by atoms with Gasteiger partial charge in [0.15, 0.2) is 0 Å². The highest BCUT2D eigenvalue weighted by atomic mass is 35.5. The van der Waals surface area contributed by atoms with Gasteiger partial charge in [0.05, 0.1) is 0 Å². The smallest absolute Gasteiger partial charge is 0.293 e. The van der Waals surface area contributed by atoms with Gasteiger partial charge in [0.2, 0.25) is 0 Å². The fraction of sp³-hybridized carbons (Fsp3) is 0.562. The maximum Gasteiger partial charge on any atom is 0.293 e. The van der Waals surface area contributed by atoms with E-state index in [0.717, 1.165) is 24.5 Å². The van der Waals surface area contributed by atoms with Crippen LogP contribution in [0.15, 0.2) is 24.3 Å². The third-order valence-corrected chi connectivity index (χ3v) is 3.48. The Morgan fingerprint density at radius 3 is 2.38 bits per heavy atom. The van der Waals surface area contributed by atoms with Crippen LogP contribution in [0.2, 0.25) is 5.02 Å². The summed E-state index contributed by atoms with van der Waals surface area (Å²) < 4.78 is 4.55. The molecule has 0 amide bonds. The largest absolute Gasteiger partial charge is 0.462 e. The zero-order valence-corrected chi connectivity index (χ0v) is 13.7. The third kappa shape index (κ3) is 6.93. The van der Waals surface area contributed by atoms with E-state index in [1.165, 1.54) is 5.56 Å². The number of piperidine rings is 1. The van der Waals surface area contributed by atoms with Crippen molar-refractivity contribution in [3.63, 3.8) is 0 Å². The number of carbonyl (C=O) groups is 1. The fourth-order valence-corrected chi connectivity index (χ4v) is 2.28. The molecule has 2 rings (SSSR count). The molecule has 0 aliphatic carbocycles. The maximum absolute atomic E-state index is 9.60. The number of hydrogen-bond acceptors (Lipinski definition) is 4. The van der Waals surface area contributed by atoms with Gasteiger partial charge in [-0.3, -0.25) is 4.79 Å². The van der Waals surface area contributed by atoms with Crippen molar-refractivity contribution < 1.29 is 9.53 Å². The Morgan fingerprint density at radius 2 is 1.95 bits per heavy atom. The number of benzene rings is 1. The van der Waals surface area contributed by atoms with Crippen LogP contribution in [0, 0.1) is 0 Å². The van der Waals surface area contributed by atoms with Gasteiger partial charge in [-0.2, -0.15) is 0 Å². The predicted molar refractivity (Wildman–Crippen MR) is 86.6 cm³/mol. The zero-order chi connectivity index (χ0) is 15.9. The van der Waals surface area contributed by atoms with Gasteiger partial charge in [-0.15, -0.1) is 0 Å². The van der Waals surface area contributed by atoms with Gasteiger partial charge >= 0.3 is 0 Å². The third-order valence-electron chi connectivity index (χ3n) is 3.23. The first kappa shape index (κ1) is 18.0. The number of ether oxygens (including phenoxy) is 1. The highest BCUT2D eigenvalue weighted by Crippen LogP contribution is 2.25. The van der Waals surface area contributed by atoms with Crippen LogP contribution in [0.3, 0.4) is 0 Å². The van der Waals surface area contributed by atoms with Crippen molar-refractivity contribution >= 4 is 18.1 Å². The van der Waals surface area contributed by atoms with Crippen LogP contribution >= 0.6 is 11.6 Å². The quantitative estimate of drug-likeness (QED) is 0.824. The van der Waals surface area contributed by atoms with Gasteiger partial charge in [0.1, 0.15) is 5.60 Å². The second-order valence-electron chi connectivity index (χ2n) is 6.14. The molecule has 1 aromatic carbocycles. The van der Waals surface area contributed by atoms with E-state index in [9.17, 15) is 4.79 Å². The van der Waals surface area contributed by atoms with Crippen LogP contribution in [0.25, 0.3) is 0 Å². The van der Waals surface area contributed by atoms with Gasteiger partial charge in [-0.1, -0.05) is 23.7 Å². The second-order valence-corrected chi connectivity index (χ2v) is 6.58. The van der Waals surface area contributed by atoms with Crippen molar-refractivity contribution in [2.45, 2.75) is 44.8 Å². The Kier molecular flexibility index (Phi) is 7.15. The van der Waals surface area contributed by atoms with Crippen molar-refractivity contribution in [3.8, 4) is 0 Å². The van der Waals surface area contributed by atoms with E-state index < -0.39 is 0 Å². The van der Waals surface area contributed by atoms with Gasteiger partial charge in [0, 0.05) is 23.5 Å². The Hall–Kier alpha value is -1.10. The molecule has 118 valence electrons. The SMILES string of the molecule is CC(C)(C)OC=O.NC1CNCCC1c1ccc(Cl)cc1. The van der Waals surface area contributed by atoms with Crippen molar-refractivity contribution in [1.29, 1.82) is 0 Å². The summed E-state index contributed by atoms with van der Waals surface area (Å²) >= 11 is 5.84. The minimum atomic E-state index is -0.318. The van der Waals surface area contributed by atoms with Crippen molar-refractivity contribution in [2.75, 3.05) is 13.1 Å². The summed E-state index contributed by atoms with van der Waals surface area (Å²) in [6.07, 6.45) is 1.11. The maximum atomic E-state index is 9.60. The Morgan fingerprint density at radius 1 is 1.33 bits per heavy atom. The van der Waals surface area contributed by atoms with Crippen LogP contribution in [0.1, 0.15) is 38.7 Å². The first-order valence-corrected chi connectivity index (χ1v) is 7.54. The van der Waals surface area contributed by atoms with Crippen molar-refractivity contribution in [2.24, 2.45) is 5.73 Å². The highest BCUT2D eigenvalue weighted by molar-refractivity contribution is 6.30. The molecule has 1 aromatic rings. The lowest BCUT2D eigenvalue weighted by atomic mass is 9.87. The molecular weight excluding hydrogens is 288 g/mol. The van der Waals surface area contributed by atoms with Gasteiger partial charge < -0.3 is 15.8 Å².